The number of halogens is 2. The maximum absolute atomic E-state index is 10.7. The van der Waals surface area contributed by atoms with Gasteiger partial charge in [0.05, 0.1) is 6.33 Å². The molecule has 4 atom stereocenters. The first-order chi connectivity index (χ1) is 17.0. The van der Waals surface area contributed by atoms with Crippen LogP contribution in [0.3, 0.4) is 0 Å². The first kappa shape index (κ1) is 23.9. The van der Waals surface area contributed by atoms with Crippen LogP contribution in [-0.2, 0) is 17.8 Å². The minimum atomic E-state index is -1.15. The summed E-state index contributed by atoms with van der Waals surface area (Å²) in [5.74, 6) is 0.544. The fraction of sp³-hybridized carbons (Fsp3) is 0.292. The molecule has 1 saturated heterocycles. The Morgan fingerprint density at radius 1 is 0.914 bits per heavy atom. The normalized spacial score (nSPS) is 22.1. The van der Waals surface area contributed by atoms with E-state index in [4.69, 9.17) is 27.9 Å². The lowest BCUT2D eigenvalue weighted by Gasteiger charge is -2.16. The highest BCUT2D eigenvalue weighted by Crippen LogP contribution is 2.32. The van der Waals surface area contributed by atoms with Gasteiger partial charge in [0, 0.05) is 29.7 Å². The van der Waals surface area contributed by atoms with Crippen LogP contribution in [0.5, 0.6) is 0 Å². The first-order valence-electron chi connectivity index (χ1n) is 11.1. The van der Waals surface area contributed by atoms with Gasteiger partial charge >= 0.3 is 0 Å². The summed E-state index contributed by atoms with van der Waals surface area (Å²) in [5.41, 5.74) is 3.06. The van der Waals surface area contributed by atoms with Crippen molar-refractivity contribution in [3.05, 3.63) is 82.4 Å². The van der Waals surface area contributed by atoms with E-state index in [1.165, 1.54) is 12.7 Å². The van der Waals surface area contributed by atoms with Gasteiger partial charge in [-0.05, 0) is 35.4 Å². The predicted octanol–water partition coefficient (Wildman–Crippen LogP) is 3.15. The summed E-state index contributed by atoms with van der Waals surface area (Å²) in [5, 5.41) is 29.2. The van der Waals surface area contributed by atoms with Crippen LogP contribution < -0.4 is 10.6 Å². The molecule has 5 rings (SSSR count). The maximum Gasteiger partial charge on any atom is 0.167 e. The van der Waals surface area contributed by atoms with Crippen LogP contribution in [0.15, 0.2) is 61.2 Å². The summed E-state index contributed by atoms with van der Waals surface area (Å²) in [6.45, 7) is 1.43. The first-order valence-corrected chi connectivity index (χ1v) is 11.9. The second-order valence-electron chi connectivity index (χ2n) is 8.33. The monoisotopic (exact) mass is 514 g/mol. The summed E-state index contributed by atoms with van der Waals surface area (Å²) in [4.78, 5) is 13.1. The summed E-state index contributed by atoms with van der Waals surface area (Å²) < 4.78 is 7.64. The van der Waals surface area contributed by atoms with Crippen molar-refractivity contribution < 1.29 is 14.9 Å². The number of rotatable bonds is 8. The molecule has 1 aliphatic heterocycles. The summed E-state index contributed by atoms with van der Waals surface area (Å²) in [6, 6.07) is 15.0. The number of fused-ring (bicyclic) bond motifs is 1. The average Bonchev–Trinajstić information content (AvgIpc) is 3.41. The number of ether oxygens (including phenoxy) is 1. The fourth-order valence-electron chi connectivity index (χ4n) is 4.09. The number of aliphatic hydroxyl groups excluding tert-OH is 2. The summed E-state index contributed by atoms with van der Waals surface area (Å²) >= 11 is 12.0. The Labute approximate surface area is 211 Å². The zero-order valence-electron chi connectivity index (χ0n) is 18.6. The Hall–Kier alpha value is -2.79. The number of imidazole rings is 1. The lowest BCUT2D eigenvalue weighted by Crippen LogP contribution is -2.37. The molecular weight excluding hydrogens is 491 g/mol. The van der Waals surface area contributed by atoms with Crippen molar-refractivity contribution in [3.8, 4) is 0 Å². The summed E-state index contributed by atoms with van der Waals surface area (Å²) in [7, 11) is 0. The minimum Gasteiger partial charge on any atom is -0.387 e. The van der Waals surface area contributed by atoms with E-state index in [9.17, 15) is 10.2 Å². The van der Waals surface area contributed by atoms with Gasteiger partial charge in [-0.2, -0.15) is 0 Å². The molecule has 0 radical (unpaired) electrons. The van der Waals surface area contributed by atoms with Crippen molar-refractivity contribution in [3.63, 3.8) is 0 Å². The maximum atomic E-state index is 10.7. The van der Waals surface area contributed by atoms with Crippen LogP contribution in [0.1, 0.15) is 17.4 Å². The molecule has 1 aliphatic rings. The molecule has 2 aromatic heterocycles. The van der Waals surface area contributed by atoms with E-state index in [2.05, 4.69) is 25.6 Å². The highest BCUT2D eigenvalue weighted by molar-refractivity contribution is 6.30. The molecule has 0 spiro atoms. The standard InChI is InChI=1S/C24H24Cl2N6O3/c25-16-6-4-14(5-7-16)9-27-11-18-20(33)21(34)24(35-18)32-13-31-19-22(29-12-30-23(19)32)28-10-15-2-1-3-17(26)8-15/h1-8,12-13,18,20-21,24,27,33-34H,9-11H2,(H,28,29,30)/t18-,20-,21-,24-/m1/s1. The number of hydrogen-bond donors (Lipinski definition) is 4. The van der Waals surface area contributed by atoms with Gasteiger partial charge in [-0.25, -0.2) is 15.0 Å². The Kier molecular flexibility index (Phi) is 7.14. The molecular formula is C24H24Cl2N6O3. The van der Waals surface area contributed by atoms with E-state index in [1.807, 2.05) is 48.5 Å². The van der Waals surface area contributed by atoms with Crippen molar-refractivity contribution in [1.82, 2.24) is 24.8 Å². The van der Waals surface area contributed by atoms with Gasteiger partial charge in [0.25, 0.3) is 0 Å². The van der Waals surface area contributed by atoms with E-state index < -0.39 is 24.5 Å². The van der Waals surface area contributed by atoms with Crippen molar-refractivity contribution in [2.24, 2.45) is 0 Å². The van der Waals surface area contributed by atoms with Crippen LogP contribution in [0.25, 0.3) is 11.2 Å². The zero-order chi connectivity index (χ0) is 24.4. The second kappa shape index (κ2) is 10.4. The molecule has 0 bridgehead atoms. The Morgan fingerprint density at radius 3 is 2.54 bits per heavy atom. The third-order valence-electron chi connectivity index (χ3n) is 5.91. The number of anilines is 1. The van der Waals surface area contributed by atoms with E-state index in [-0.39, 0.29) is 0 Å². The summed E-state index contributed by atoms with van der Waals surface area (Å²) in [6.07, 6.45) is -0.711. The molecule has 3 heterocycles. The quantitative estimate of drug-likeness (QED) is 0.283. The van der Waals surface area contributed by atoms with Crippen LogP contribution >= 0.6 is 23.2 Å². The molecule has 11 heteroatoms. The van der Waals surface area contributed by atoms with Crippen molar-refractivity contribution in [2.75, 3.05) is 11.9 Å². The topological polar surface area (TPSA) is 117 Å². The lowest BCUT2D eigenvalue weighted by atomic mass is 10.1. The van der Waals surface area contributed by atoms with Gasteiger partial charge in [0.2, 0.25) is 0 Å². The fourth-order valence-corrected chi connectivity index (χ4v) is 4.43. The van der Waals surface area contributed by atoms with Gasteiger partial charge in [-0.3, -0.25) is 4.57 Å². The molecule has 0 unspecified atom stereocenters. The third-order valence-corrected chi connectivity index (χ3v) is 6.39. The van der Waals surface area contributed by atoms with Crippen LogP contribution in [0, 0.1) is 0 Å². The van der Waals surface area contributed by atoms with E-state index in [1.54, 1.807) is 4.57 Å². The Balaban J connectivity index is 1.27. The van der Waals surface area contributed by atoms with Gasteiger partial charge in [-0.1, -0.05) is 47.5 Å². The predicted molar refractivity (Wildman–Crippen MR) is 133 cm³/mol. The molecule has 35 heavy (non-hydrogen) atoms. The third kappa shape index (κ3) is 5.25. The number of hydrogen-bond acceptors (Lipinski definition) is 8. The SMILES string of the molecule is O[C@@H]1[C@H](O)[C@@H](CNCc2ccc(Cl)cc2)O[C@H]1n1cnc2c(NCc3cccc(Cl)c3)ncnc21. The molecule has 4 N–H and O–H groups in total. The number of nitrogens with one attached hydrogen (secondary N) is 2. The second-order valence-corrected chi connectivity index (χ2v) is 9.21. The number of aliphatic hydroxyl groups is 2. The van der Waals surface area contributed by atoms with Crippen LogP contribution in [0.2, 0.25) is 10.0 Å². The van der Waals surface area contributed by atoms with Gasteiger partial charge in [0.15, 0.2) is 23.2 Å². The zero-order valence-corrected chi connectivity index (χ0v) is 20.1. The van der Waals surface area contributed by atoms with E-state index in [0.29, 0.717) is 46.7 Å². The molecule has 0 aliphatic carbocycles. The number of nitrogens with zero attached hydrogens (tertiary/aromatic N) is 4. The highest BCUT2D eigenvalue weighted by Gasteiger charge is 2.44. The molecule has 182 valence electrons. The molecule has 0 saturated carbocycles. The van der Waals surface area contributed by atoms with Gasteiger partial charge in [-0.15, -0.1) is 0 Å². The minimum absolute atomic E-state index is 0.353. The lowest BCUT2D eigenvalue weighted by molar-refractivity contribution is -0.0342. The number of benzene rings is 2. The molecule has 0 amide bonds. The highest BCUT2D eigenvalue weighted by atomic mass is 35.5. The Bertz CT molecular complexity index is 1300. The Morgan fingerprint density at radius 2 is 1.74 bits per heavy atom. The van der Waals surface area contributed by atoms with E-state index >= 15 is 0 Å². The molecule has 2 aromatic carbocycles. The molecule has 1 fully saturated rings. The van der Waals surface area contributed by atoms with Gasteiger partial charge < -0.3 is 25.6 Å². The number of aromatic nitrogens is 4. The van der Waals surface area contributed by atoms with Crippen molar-refractivity contribution >= 4 is 40.2 Å². The van der Waals surface area contributed by atoms with E-state index in [0.717, 1.165) is 11.1 Å². The molecule has 9 nitrogen and oxygen atoms in total. The largest absolute Gasteiger partial charge is 0.387 e. The van der Waals surface area contributed by atoms with Crippen molar-refractivity contribution in [1.29, 1.82) is 0 Å². The smallest absolute Gasteiger partial charge is 0.167 e. The van der Waals surface area contributed by atoms with Crippen LogP contribution in [0.4, 0.5) is 5.82 Å². The average molecular weight is 515 g/mol. The molecule has 4 aromatic rings. The van der Waals surface area contributed by atoms with Gasteiger partial charge in [0.1, 0.15) is 24.6 Å². The van der Waals surface area contributed by atoms with Crippen LogP contribution in [-0.4, -0.2) is 54.6 Å². The van der Waals surface area contributed by atoms with Crippen molar-refractivity contribution in [2.45, 2.75) is 37.6 Å².